The van der Waals surface area contributed by atoms with Crippen LogP contribution in [0.3, 0.4) is 0 Å². The molecule has 0 spiro atoms. The number of aromatic nitrogens is 5. The molecule has 3 aromatic heterocycles. The summed E-state index contributed by atoms with van der Waals surface area (Å²) in [5, 5.41) is 17.8. The first-order chi connectivity index (χ1) is 11.6. The van der Waals surface area contributed by atoms with Crippen molar-refractivity contribution in [1.82, 2.24) is 29.7 Å². The third-order valence-corrected chi connectivity index (χ3v) is 4.79. The predicted molar refractivity (Wildman–Crippen MR) is 90.4 cm³/mol. The van der Waals surface area contributed by atoms with Gasteiger partial charge >= 0.3 is 6.03 Å². The van der Waals surface area contributed by atoms with Crippen LogP contribution in [0.2, 0.25) is 0 Å². The molecular weight excluding hydrogens is 328 g/mol. The molecule has 0 bridgehead atoms. The predicted octanol–water partition coefficient (Wildman–Crippen LogP) is 1.24. The number of amides is 2. The molecule has 0 saturated carbocycles. The molecule has 0 aromatic carbocycles. The Kier molecular flexibility index (Phi) is 3.53. The minimum Gasteiger partial charge on any atom is -0.351 e. The lowest BCUT2D eigenvalue weighted by Gasteiger charge is -2.44. The topological polar surface area (TPSA) is 91.5 Å². The van der Waals surface area contributed by atoms with Crippen molar-refractivity contribution in [3.05, 3.63) is 29.5 Å². The molecule has 1 N–H and O–H groups in total. The van der Waals surface area contributed by atoms with Crippen LogP contribution in [0.4, 0.5) is 15.7 Å². The smallest absolute Gasteiger partial charge is 0.323 e. The van der Waals surface area contributed by atoms with Gasteiger partial charge in [-0.15, -0.1) is 26.6 Å². The molecule has 0 unspecified atom stereocenters. The largest absolute Gasteiger partial charge is 0.351 e. The van der Waals surface area contributed by atoms with Gasteiger partial charge in [0.05, 0.1) is 6.04 Å². The van der Waals surface area contributed by atoms with E-state index >= 15 is 0 Å². The zero-order chi connectivity index (χ0) is 16.7. The van der Waals surface area contributed by atoms with Gasteiger partial charge < -0.3 is 9.80 Å². The highest BCUT2D eigenvalue weighted by molar-refractivity contribution is 7.13. The quantitative estimate of drug-likeness (QED) is 0.769. The lowest BCUT2D eigenvalue weighted by Crippen LogP contribution is -2.60. The van der Waals surface area contributed by atoms with Crippen LogP contribution >= 0.6 is 11.3 Å². The summed E-state index contributed by atoms with van der Waals surface area (Å²) in [6, 6.07) is 3.82. The van der Waals surface area contributed by atoms with Gasteiger partial charge in [0.25, 0.3) is 0 Å². The summed E-state index contributed by atoms with van der Waals surface area (Å²) >= 11 is 1.40. The van der Waals surface area contributed by atoms with Gasteiger partial charge in [-0.25, -0.2) is 9.78 Å². The third-order valence-electron chi connectivity index (χ3n) is 4.11. The second-order valence-electron chi connectivity index (χ2n) is 5.65. The number of aryl methyl sites for hydroxylation is 1. The lowest BCUT2D eigenvalue weighted by molar-refractivity contribution is 0.191. The molecular formula is C14H16N8OS. The van der Waals surface area contributed by atoms with Crippen LogP contribution in [-0.2, 0) is 0 Å². The van der Waals surface area contributed by atoms with Crippen molar-refractivity contribution in [2.45, 2.75) is 13.0 Å². The van der Waals surface area contributed by atoms with Crippen molar-refractivity contribution in [3.63, 3.8) is 0 Å². The minimum atomic E-state index is -0.146. The monoisotopic (exact) mass is 344 g/mol. The number of rotatable bonds is 3. The Bertz CT molecular complexity index is 870. The number of fused-ring (bicyclic) bond motifs is 1. The van der Waals surface area contributed by atoms with Gasteiger partial charge in [0.1, 0.15) is 5.82 Å². The Morgan fingerprint density at radius 3 is 2.96 bits per heavy atom. The van der Waals surface area contributed by atoms with Crippen molar-refractivity contribution in [2.24, 2.45) is 0 Å². The van der Waals surface area contributed by atoms with Gasteiger partial charge in [-0.3, -0.25) is 5.32 Å². The number of likely N-dealkylation sites (N-methyl/N-ethyl adjacent to an activating group) is 1. The van der Waals surface area contributed by atoms with Crippen LogP contribution in [0.15, 0.2) is 23.7 Å². The summed E-state index contributed by atoms with van der Waals surface area (Å²) in [4.78, 5) is 20.1. The fraction of sp³-hybridized carbons (Fsp3) is 0.357. The summed E-state index contributed by atoms with van der Waals surface area (Å²) in [7, 11) is 1.80. The molecule has 1 aliphatic rings. The molecule has 1 saturated heterocycles. The molecule has 0 aliphatic carbocycles. The second kappa shape index (κ2) is 5.71. The maximum Gasteiger partial charge on any atom is 0.323 e. The Balaban J connectivity index is 1.39. The Morgan fingerprint density at radius 2 is 2.21 bits per heavy atom. The van der Waals surface area contributed by atoms with E-state index in [1.54, 1.807) is 22.7 Å². The number of hydrogen-bond donors (Lipinski definition) is 1. The van der Waals surface area contributed by atoms with Gasteiger partial charge in [-0.05, 0) is 19.1 Å². The summed E-state index contributed by atoms with van der Waals surface area (Å²) < 4.78 is 1.72. The van der Waals surface area contributed by atoms with Crippen molar-refractivity contribution in [1.29, 1.82) is 0 Å². The van der Waals surface area contributed by atoms with Crippen molar-refractivity contribution in [3.8, 4) is 0 Å². The summed E-state index contributed by atoms with van der Waals surface area (Å²) in [6.07, 6.45) is 1.67. The Morgan fingerprint density at radius 1 is 1.38 bits per heavy atom. The van der Waals surface area contributed by atoms with E-state index in [1.165, 1.54) is 11.3 Å². The summed E-state index contributed by atoms with van der Waals surface area (Å²) in [5.74, 6) is 1.61. The van der Waals surface area contributed by atoms with E-state index in [4.69, 9.17) is 0 Å². The van der Waals surface area contributed by atoms with Crippen LogP contribution in [0.25, 0.3) is 5.65 Å². The molecule has 124 valence electrons. The number of carbonyl (C=O) groups excluding carboxylic acids is 1. The Hall–Kier alpha value is -2.75. The van der Waals surface area contributed by atoms with E-state index in [-0.39, 0.29) is 12.1 Å². The van der Waals surface area contributed by atoms with Gasteiger partial charge in [0.2, 0.25) is 0 Å². The maximum atomic E-state index is 12.2. The number of carbonyl (C=O) groups is 1. The molecule has 9 nitrogen and oxygen atoms in total. The first-order valence-electron chi connectivity index (χ1n) is 7.49. The van der Waals surface area contributed by atoms with E-state index in [9.17, 15) is 4.79 Å². The van der Waals surface area contributed by atoms with Crippen LogP contribution in [-0.4, -0.2) is 61.9 Å². The molecule has 24 heavy (non-hydrogen) atoms. The number of nitrogens with one attached hydrogen (secondary N) is 1. The fourth-order valence-electron chi connectivity index (χ4n) is 2.57. The molecule has 4 rings (SSSR count). The van der Waals surface area contributed by atoms with E-state index in [2.05, 4.69) is 30.5 Å². The van der Waals surface area contributed by atoms with Gasteiger partial charge in [0.15, 0.2) is 16.6 Å². The van der Waals surface area contributed by atoms with Crippen LogP contribution in [0, 0.1) is 6.92 Å². The maximum absolute atomic E-state index is 12.2. The molecule has 4 heterocycles. The van der Waals surface area contributed by atoms with Gasteiger partial charge in [-0.1, -0.05) is 0 Å². The number of nitrogens with zero attached hydrogens (tertiary/aromatic N) is 7. The highest BCUT2D eigenvalue weighted by Gasteiger charge is 2.33. The zero-order valence-corrected chi connectivity index (χ0v) is 14.1. The normalized spacial score (nSPS) is 14.7. The second-order valence-corrected chi connectivity index (χ2v) is 6.54. The van der Waals surface area contributed by atoms with Crippen molar-refractivity contribution in [2.75, 3.05) is 30.4 Å². The molecule has 10 heteroatoms. The lowest BCUT2D eigenvalue weighted by atomic mass is 10.1. The van der Waals surface area contributed by atoms with Crippen LogP contribution < -0.4 is 10.2 Å². The SMILES string of the molecule is Cc1nnc2ccc(N3CC(N(C)C(=O)Nc4nccs4)C3)nn12. The van der Waals surface area contributed by atoms with Gasteiger partial charge in [-0.2, -0.15) is 4.52 Å². The number of urea groups is 1. The van der Waals surface area contributed by atoms with Crippen molar-refractivity contribution >= 4 is 34.0 Å². The fourth-order valence-corrected chi connectivity index (χ4v) is 3.09. The molecule has 0 radical (unpaired) electrons. The molecule has 1 fully saturated rings. The number of anilines is 2. The summed E-state index contributed by atoms with van der Waals surface area (Å²) in [5.41, 5.74) is 0.730. The van der Waals surface area contributed by atoms with E-state index in [1.807, 2.05) is 24.4 Å². The third kappa shape index (κ3) is 2.54. The van der Waals surface area contributed by atoms with E-state index in [0.29, 0.717) is 5.13 Å². The van der Waals surface area contributed by atoms with Crippen molar-refractivity contribution < 1.29 is 4.79 Å². The molecule has 3 aromatic rings. The number of hydrogen-bond acceptors (Lipinski definition) is 7. The first-order valence-corrected chi connectivity index (χ1v) is 8.37. The average Bonchev–Trinajstić information content (AvgIpc) is 3.16. The van der Waals surface area contributed by atoms with E-state index < -0.39 is 0 Å². The number of thiazole rings is 1. The molecule has 0 atom stereocenters. The highest BCUT2D eigenvalue weighted by Crippen LogP contribution is 2.22. The molecule has 2 amide bonds. The average molecular weight is 344 g/mol. The van der Waals surface area contributed by atoms with Crippen LogP contribution in [0.1, 0.15) is 5.82 Å². The highest BCUT2D eigenvalue weighted by atomic mass is 32.1. The first kappa shape index (κ1) is 14.8. The van der Waals surface area contributed by atoms with E-state index in [0.717, 1.165) is 30.4 Å². The Labute approximate surface area is 141 Å². The zero-order valence-electron chi connectivity index (χ0n) is 13.2. The molecule has 1 aliphatic heterocycles. The van der Waals surface area contributed by atoms with Crippen LogP contribution in [0.5, 0.6) is 0 Å². The van der Waals surface area contributed by atoms with Gasteiger partial charge in [0, 0.05) is 31.7 Å². The minimum absolute atomic E-state index is 0.143. The summed E-state index contributed by atoms with van der Waals surface area (Å²) in [6.45, 7) is 3.34. The standard InChI is InChI=1S/C14H16N8OS/c1-9-17-18-11-3-4-12(19-22(9)11)21-7-10(8-21)20(2)14(23)16-13-15-5-6-24-13/h3-6,10H,7-8H2,1-2H3,(H,15,16,23).